The molecule has 0 fully saturated rings. The largest absolute Gasteiger partial charge is 0.392 e. The van der Waals surface area contributed by atoms with E-state index in [9.17, 15) is 12.8 Å². The van der Waals surface area contributed by atoms with Gasteiger partial charge in [0.15, 0.2) is 0 Å². The minimum absolute atomic E-state index is 0.00966. The van der Waals surface area contributed by atoms with E-state index in [-0.39, 0.29) is 22.1 Å². The van der Waals surface area contributed by atoms with Gasteiger partial charge in [-0.3, -0.25) is 0 Å². The van der Waals surface area contributed by atoms with Gasteiger partial charge in [0.2, 0.25) is 10.0 Å². The minimum Gasteiger partial charge on any atom is -0.392 e. The van der Waals surface area contributed by atoms with Gasteiger partial charge in [0, 0.05) is 11.6 Å². The first-order chi connectivity index (χ1) is 9.81. The summed E-state index contributed by atoms with van der Waals surface area (Å²) in [7, 11) is -3.71. The number of sulfonamides is 1. The first-order valence-electron chi connectivity index (χ1n) is 6.81. The highest BCUT2D eigenvalue weighted by Gasteiger charge is 2.20. The van der Waals surface area contributed by atoms with Crippen molar-refractivity contribution in [2.45, 2.75) is 44.7 Å². The van der Waals surface area contributed by atoms with Crippen molar-refractivity contribution in [2.75, 3.05) is 11.5 Å². The molecule has 0 amide bonds. The molecule has 1 aromatic rings. The number of halogens is 1. The quantitative estimate of drug-likeness (QED) is 0.716. The lowest BCUT2D eigenvalue weighted by Gasteiger charge is -2.15. The molecule has 0 aromatic heterocycles. The molecule has 0 bridgehead atoms. The number of aliphatic hydroxyl groups excluding tert-OH is 1. The first-order valence-corrected chi connectivity index (χ1v) is 9.45. The Hall–Kier alpha value is -0.630. The second-order valence-electron chi connectivity index (χ2n) is 4.88. The fraction of sp³-hybridized carbons (Fsp3) is 0.571. The van der Waals surface area contributed by atoms with Crippen molar-refractivity contribution in [3.8, 4) is 0 Å². The third kappa shape index (κ3) is 5.25. The molecule has 0 aliphatic carbocycles. The molecular formula is C14H22FNO3S2. The number of aliphatic hydroxyl groups is 1. The van der Waals surface area contributed by atoms with E-state index in [1.54, 1.807) is 18.7 Å². The Bertz CT molecular complexity index is 576. The molecule has 1 aromatic carbocycles. The molecule has 120 valence electrons. The second-order valence-corrected chi connectivity index (χ2v) is 7.99. The zero-order valence-electron chi connectivity index (χ0n) is 12.5. The van der Waals surface area contributed by atoms with E-state index >= 15 is 0 Å². The van der Waals surface area contributed by atoms with Gasteiger partial charge >= 0.3 is 0 Å². The fourth-order valence-electron chi connectivity index (χ4n) is 1.87. The van der Waals surface area contributed by atoms with E-state index in [1.165, 1.54) is 19.1 Å². The monoisotopic (exact) mass is 335 g/mol. The van der Waals surface area contributed by atoms with Crippen molar-refractivity contribution in [2.24, 2.45) is 0 Å². The van der Waals surface area contributed by atoms with Crippen LogP contribution >= 0.6 is 11.8 Å². The Morgan fingerprint density at radius 2 is 2.10 bits per heavy atom. The highest BCUT2D eigenvalue weighted by molar-refractivity contribution is 7.99. The molecule has 1 rings (SSSR count). The normalized spacial score (nSPS) is 13.4. The Kier molecular flexibility index (Phi) is 7.12. The molecule has 0 saturated heterocycles. The highest BCUT2D eigenvalue weighted by Crippen LogP contribution is 2.20. The van der Waals surface area contributed by atoms with Crippen molar-refractivity contribution in [1.29, 1.82) is 0 Å². The molecule has 1 unspecified atom stereocenters. The van der Waals surface area contributed by atoms with Gasteiger partial charge in [0.25, 0.3) is 0 Å². The first kappa shape index (κ1) is 18.4. The molecule has 0 aliphatic rings. The van der Waals surface area contributed by atoms with Crippen LogP contribution in [0.25, 0.3) is 0 Å². The van der Waals surface area contributed by atoms with E-state index in [0.717, 1.165) is 17.9 Å². The number of thioether (sulfide) groups is 1. The van der Waals surface area contributed by atoms with Crippen LogP contribution in [-0.2, 0) is 16.6 Å². The van der Waals surface area contributed by atoms with E-state index < -0.39 is 22.4 Å². The van der Waals surface area contributed by atoms with Crippen LogP contribution in [-0.4, -0.2) is 31.1 Å². The topological polar surface area (TPSA) is 66.4 Å². The van der Waals surface area contributed by atoms with Crippen LogP contribution < -0.4 is 4.72 Å². The summed E-state index contributed by atoms with van der Waals surface area (Å²) in [5, 5.41) is 9.10. The molecule has 0 aliphatic heterocycles. The van der Waals surface area contributed by atoms with Crippen LogP contribution in [0.3, 0.4) is 0 Å². The highest BCUT2D eigenvalue weighted by atomic mass is 32.2. The zero-order valence-corrected chi connectivity index (χ0v) is 14.2. The van der Waals surface area contributed by atoms with Gasteiger partial charge in [-0.2, -0.15) is 11.8 Å². The van der Waals surface area contributed by atoms with E-state index in [0.29, 0.717) is 0 Å². The molecule has 7 heteroatoms. The summed E-state index contributed by atoms with van der Waals surface area (Å²) in [5.74, 6) is 1.31. The van der Waals surface area contributed by atoms with Crippen LogP contribution in [0.1, 0.15) is 31.4 Å². The number of rotatable bonds is 8. The number of nitrogens with one attached hydrogen (secondary N) is 1. The Morgan fingerprint density at radius 3 is 2.67 bits per heavy atom. The molecular weight excluding hydrogens is 313 g/mol. The van der Waals surface area contributed by atoms with Crippen molar-refractivity contribution < 1.29 is 17.9 Å². The van der Waals surface area contributed by atoms with E-state index in [1.807, 2.05) is 0 Å². The van der Waals surface area contributed by atoms with E-state index in [2.05, 4.69) is 11.6 Å². The summed E-state index contributed by atoms with van der Waals surface area (Å²) < 4.78 is 40.8. The number of hydrogen-bond acceptors (Lipinski definition) is 4. The average molecular weight is 335 g/mol. The molecule has 0 radical (unpaired) electrons. The summed E-state index contributed by atoms with van der Waals surface area (Å²) in [6, 6.07) is 2.26. The van der Waals surface area contributed by atoms with Crippen molar-refractivity contribution >= 4 is 21.8 Å². The van der Waals surface area contributed by atoms with Gasteiger partial charge in [-0.1, -0.05) is 6.92 Å². The van der Waals surface area contributed by atoms with Crippen molar-refractivity contribution in [3.63, 3.8) is 0 Å². The average Bonchev–Trinajstić information content (AvgIpc) is 2.41. The number of benzene rings is 1. The van der Waals surface area contributed by atoms with Crippen LogP contribution in [0, 0.1) is 12.7 Å². The molecule has 0 saturated carbocycles. The third-order valence-corrected chi connectivity index (χ3v) is 5.54. The Morgan fingerprint density at radius 1 is 1.43 bits per heavy atom. The van der Waals surface area contributed by atoms with Crippen LogP contribution in [0.5, 0.6) is 0 Å². The van der Waals surface area contributed by atoms with Gasteiger partial charge in [0.05, 0.1) is 11.5 Å². The third-order valence-electron chi connectivity index (χ3n) is 3.04. The summed E-state index contributed by atoms with van der Waals surface area (Å²) in [5.41, 5.74) is 0.195. The van der Waals surface area contributed by atoms with Gasteiger partial charge in [-0.05, 0) is 49.5 Å². The zero-order chi connectivity index (χ0) is 16.0. The summed E-state index contributed by atoms with van der Waals surface area (Å²) in [6.45, 7) is 4.81. The van der Waals surface area contributed by atoms with Crippen LogP contribution in [0.4, 0.5) is 4.39 Å². The van der Waals surface area contributed by atoms with Crippen LogP contribution in [0.2, 0.25) is 0 Å². The maximum Gasteiger partial charge on any atom is 0.240 e. The number of hydrogen-bond donors (Lipinski definition) is 2. The molecule has 2 N–H and O–H groups in total. The minimum atomic E-state index is -3.71. The van der Waals surface area contributed by atoms with Gasteiger partial charge in [-0.25, -0.2) is 17.5 Å². The molecule has 1 atom stereocenters. The van der Waals surface area contributed by atoms with Gasteiger partial charge in [-0.15, -0.1) is 0 Å². The lowest BCUT2D eigenvalue weighted by atomic mass is 10.1. The SMILES string of the molecule is CCSCCC(C)NS(=O)(=O)c1cc(C)c(F)c(CO)c1. The fourth-order valence-corrected chi connectivity index (χ4v) is 4.10. The summed E-state index contributed by atoms with van der Waals surface area (Å²) in [6.07, 6.45) is 0.727. The standard InChI is InChI=1S/C14H22FNO3S2/c1-4-20-6-5-11(3)16-21(18,19)13-7-10(2)14(15)12(8-13)9-17/h7-8,11,16-17H,4-6,9H2,1-3H3. The van der Waals surface area contributed by atoms with Crippen molar-refractivity contribution in [3.05, 3.63) is 29.1 Å². The van der Waals surface area contributed by atoms with Crippen molar-refractivity contribution in [1.82, 2.24) is 4.72 Å². The molecule has 21 heavy (non-hydrogen) atoms. The molecule has 0 spiro atoms. The number of aryl methyl sites for hydroxylation is 1. The predicted molar refractivity (Wildman–Crippen MR) is 84.5 cm³/mol. The van der Waals surface area contributed by atoms with E-state index in [4.69, 9.17) is 5.11 Å². The second kappa shape index (κ2) is 8.12. The van der Waals surface area contributed by atoms with Gasteiger partial charge < -0.3 is 5.11 Å². The lowest BCUT2D eigenvalue weighted by molar-refractivity contribution is 0.275. The maximum atomic E-state index is 13.7. The Balaban J connectivity index is 2.90. The molecule has 4 nitrogen and oxygen atoms in total. The lowest BCUT2D eigenvalue weighted by Crippen LogP contribution is -2.33. The Labute approximate surface area is 130 Å². The maximum absolute atomic E-state index is 13.7. The molecule has 0 heterocycles. The summed E-state index contributed by atoms with van der Waals surface area (Å²) in [4.78, 5) is -0.0135. The van der Waals surface area contributed by atoms with Crippen LogP contribution in [0.15, 0.2) is 17.0 Å². The van der Waals surface area contributed by atoms with Gasteiger partial charge in [0.1, 0.15) is 5.82 Å². The predicted octanol–water partition coefficient (Wildman–Crippen LogP) is 2.44. The smallest absolute Gasteiger partial charge is 0.240 e. The summed E-state index contributed by atoms with van der Waals surface area (Å²) >= 11 is 1.75.